The van der Waals surface area contributed by atoms with Gasteiger partial charge in [-0.25, -0.2) is 0 Å². The molecule has 1 amide bonds. The standard InChI is InChI=1S/C14H12ClNO3S2/c15-10-5-3-9(4-6-10)8-11-13(19)16(14(20)21-11)7-1-2-12(17)18/h3-6,8H,1-2,7H2,(H,17,18)/p-1/b11-8-. The highest BCUT2D eigenvalue weighted by atomic mass is 35.5. The molecule has 4 nitrogen and oxygen atoms in total. The maximum Gasteiger partial charge on any atom is 0.266 e. The average molecular weight is 341 g/mol. The summed E-state index contributed by atoms with van der Waals surface area (Å²) in [6, 6.07) is 7.11. The summed E-state index contributed by atoms with van der Waals surface area (Å²) in [4.78, 5) is 24.6. The first-order valence-corrected chi connectivity index (χ1v) is 7.78. The minimum Gasteiger partial charge on any atom is -0.550 e. The summed E-state index contributed by atoms with van der Waals surface area (Å²) in [6.45, 7) is 0.288. The van der Waals surface area contributed by atoms with Crippen molar-refractivity contribution >= 4 is 57.9 Å². The van der Waals surface area contributed by atoms with Crippen LogP contribution in [0.5, 0.6) is 0 Å². The molecule has 110 valence electrons. The zero-order chi connectivity index (χ0) is 15.4. The number of nitrogens with zero attached hydrogens (tertiary/aromatic N) is 1. The summed E-state index contributed by atoms with van der Waals surface area (Å²) < 4.78 is 0.443. The fourth-order valence-electron chi connectivity index (χ4n) is 1.78. The number of aliphatic carboxylic acids is 1. The van der Waals surface area contributed by atoms with E-state index in [1.807, 2.05) is 12.1 Å². The zero-order valence-electron chi connectivity index (χ0n) is 10.9. The number of rotatable bonds is 5. The van der Waals surface area contributed by atoms with Crippen molar-refractivity contribution in [2.45, 2.75) is 12.8 Å². The number of thiocarbonyl (C=S) groups is 1. The summed E-state index contributed by atoms with van der Waals surface area (Å²) in [5.41, 5.74) is 0.856. The van der Waals surface area contributed by atoms with Gasteiger partial charge >= 0.3 is 0 Å². The van der Waals surface area contributed by atoms with Gasteiger partial charge in [-0.3, -0.25) is 9.69 Å². The molecule has 1 aromatic carbocycles. The van der Waals surface area contributed by atoms with E-state index in [0.717, 1.165) is 5.56 Å². The molecule has 0 saturated carbocycles. The van der Waals surface area contributed by atoms with E-state index in [2.05, 4.69) is 0 Å². The molecule has 1 fully saturated rings. The number of halogens is 1. The van der Waals surface area contributed by atoms with Gasteiger partial charge in [-0.05, 0) is 36.6 Å². The molecule has 0 bridgehead atoms. The van der Waals surface area contributed by atoms with E-state index in [1.54, 1.807) is 18.2 Å². The smallest absolute Gasteiger partial charge is 0.266 e. The number of carboxylic acid groups (broad SMARTS) is 1. The highest BCUT2D eigenvalue weighted by Gasteiger charge is 2.31. The van der Waals surface area contributed by atoms with Crippen LogP contribution in [0.25, 0.3) is 6.08 Å². The van der Waals surface area contributed by atoms with Gasteiger partial charge in [0.15, 0.2) is 0 Å². The van der Waals surface area contributed by atoms with Crippen molar-refractivity contribution in [1.29, 1.82) is 0 Å². The number of hydrogen-bond acceptors (Lipinski definition) is 5. The van der Waals surface area contributed by atoms with Gasteiger partial charge in [0.2, 0.25) is 0 Å². The lowest BCUT2D eigenvalue weighted by molar-refractivity contribution is -0.305. The molecule has 0 atom stereocenters. The first kappa shape index (κ1) is 16.0. The van der Waals surface area contributed by atoms with E-state index < -0.39 is 5.97 Å². The Labute approximate surface area is 136 Å². The van der Waals surface area contributed by atoms with Gasteiger partial charge in [0.05, 0.1) is 4.91 Å². The minimum absolute atomic E-state index is 0.0900. The largest absolute Gasteiger partial charge is 0.550 e. The second kappa shape index (κ2) is 7.06. The first-order valence-electron chi connectivity index (χ1n) is 6.18. The van der Waals surface area contributed by atoms with E-state index in [-0.39, 0.29) is 18.9 Å². The van der Waals surface area contributed by atoms with E-state index >= 15 is 0 Å². The Morgan fingerprint density at radius 2 is 2.05 bits per heavy atom. The predicted octanol–water partition coefficient (Wildman–Crippen LogP) is 2.07. The van der Waals surface area contributed by atoms with Crippen LogP contribution in [-0.2, 0) is 9.59 Å². The third-order valence-corrected chi connectivity index (χ3v) is 4.43. The normalized spacial score (nSPS) is 16.8. The molecule has 21 heavy (non-hydrogen) atoms. The molecule has 0 aromatic heterocycles. The molecule has 1 aromatic rings. The molecular formula is C14H11ClNO3S2-. The van der Waals surface area contributed by atoms with Crippen LogP contribution < -0.4 is 5.11 Å². The number of hydrogen-bond donors (Lipinski definition) is 0. The highest BCUT2D eigenvalue weighted by molar-refractivity contribution is 8.26. The molecule has 2 rings (SSSR count). The lowest BCUT2D eigenvalue weighted by atomic mass is 10.2. The second-order valence-electron chi connectivity index (χ2n) is 4.36. The third kappa shape index (κ3) is 4.30. The fourth-order valence-corrected chi connectivity index (χ4v) is 3.22. The Hall–Kier alpha value is -1.37. The Morgan fingerprint density at radius 1 is 1.38 bits per heavy atom. The van der Waals surface area contributed by atoms with Gasteiger partial charge in [-0.2, -0.15) is 0 Å². The first-order chi connectivity index (χ1) is 9.97. The van der Waals surface area contributed by atoms with Crippen LogP contribution in [0.3, 0.4) is 0 Å². The quantitative estimate of drug-likeness (QED) is 0.606. The summed E-state index contributed by atoms with van der Waals surface area (Å²) in [7, 11) is 0. The molecule has 0 N–H and O–H groups in total. The summed E-state index contributed by atoms with van der Waals surface area (Å²) in [5.74, 6) is -1.32. The lowest BCUT2D eigenvalue weighted by Gasteiger charge is -2.14. The molecule has 0 unspecified atom stereocenters. The van der Waals surface area contributed by atoms with E-state index in [9.17, 15) is 14.7 Å². The molecule has 1 heterocycles. The maximum absolute atomic E-state index is 12.2. The number of benzene rings is 1. The van der Waals surface area contributed by atoms with Crippen molar-refractivity contribution in [3.8, 4) is 0 Å². The number of carbonyl (C=O) groups is 2. The Kier molecular flexibility index (Phi) is 5.39. The molecule has 1 aliphatic rings. The Morgan fingerprint density at radius 3 is 2.67 bits per heavy atom. The van der Waals surface area contributed by atoms with Gasteiger partial charge in [-0.15, -0.1) is 0 Å². The van der Waals surface area contributed by atoms with E-state index in [1.165, 1.54) is 16.7 Å². The fraction of sp³-hybridized carbons (Fsp3) is 0.214. The summed E-state index contributed by atoms with van der Waals surface area (Å²) >= 11 is 12.2. The van der Waals surface area contributed by atoms with Crippen LogP contribution in [0.1, 0.15) is 18.4 Å². The number of amides is 1. The van der Waals surface area contributed by atoms with Crippen LogP contribution in [0.4, 0.5) is 0 Å². The lowest BCUT2D eigenvalue weighted by Crippen LogP contribution is -2.30. The van der Waals surface area contributed by atoms with Crippen LogP contribution in [0.2, 0.25) is 5.02 Å². The predicted molar refractivity (Wildman–Crippen MR) is 85.6 cm³/mol. The van der Waals surface area contributed by atoms with E-state index in [4.69, 9.17) is 23.8 Å². The van der Waals surface area contributed by atoms with E-state index in [0.29, 0.717) is 20.7 Å². The van der Waals surface area contributed by atoms with Gasteiger partial charge < -0.3 is 9.90 Å². The zero-order valence-corrected chi connectivity index (χ0v) is 13.3. The minimum atomic E-state index is -1.13. The Balaban J connectivity index is 2.06. The van der Waals surface area contributed by atoms with Gasteiger partial charge in [0.1, 0.15) is 4.32 Å². The SMILES string of the molecule is O=C([O-])CCCN1C(=O)/C(=C/c2ccc(Cl)cc2)SC1=S. The topological polar surface area (TPSA) is 60.4 Å². The summed E-state index contributed by atoms with van der Waals surface area (Å²) in [5, 5.41) is 11.0. The van der Waals surface area contributed by atoms with Crippen LogP contribution in [0, 0.1) is 0 Å². The molecule has 0 spiro atoms. The third-order valence-electron chi connectivity index (χ3n) is 2.80. The number of thioether (sulfide) groups is 1. The monoisotopic (exact) mass is 340 g/mol. The van der Waals surface area contributed by atoms with Crippen molar-refractivity contribution in [3.63, 3.8) is 0 Å². The van der Waals surface area contributed by atoms with Crippen LogP contribution >= 0.6 is 35.6 Å². The van der Waals surface area contributed by atoms with Crippen molar-refractivity contribution in [1.82, 2.24) is 4.90 Å². The van der Waals surface area contributed by atoms with Gasteiger partial charge in [0.25, 0.3) is 5.91 Å². The van der Waals surface area contributed by atoms with Crippen LogP contribution in [-0.4, -0.2) is 27.6 Å². The second-order valence-corrected chi connectivity index (χ2v) is 6.47. The average Bonchev–Trinajstić information content (AvgIpc) is 2.68. The van der Waals surface area contributed by atoms with Crippen LogP contribution in [0.15, 0.2) is 29.2 Å². The van der Waals surface area contributed by atoms with Crippen molar-refractivity contribution in [2.24, 2.45) is 0 Å². The molecular weight excluding hydrogens is 330 g/mol. The van der Waals surface area contributed by atoms with Crippen molar-refractivity contribution in [2.75, 3.05) is 6.54 Å². The van der Waals surface area contributed by atoms with Gasteiger partial charge in [-0.1, -0.05) is 47.7 Å². The molecule has 0 radical (unpaired) electrons. The maximum atomic E-state index is 12.2. The number of carbonyl (C=O) groups excluding carboxylic acids is 2. The molecule has 1 aliphatic heterocycles. The van der Waals surface area contributed by atoms with Gasteiger partial charge in [0, 0.05) is 17.5 Å². The highest BCUT2D eigenvalue weighted by Crippen LogP contribution is 2.32. The number of carboxylic acids is 1. The summed E-state index contributed by atoms with van der Waals surface area (Å²) in [6.07, 6.45) is 1.98. The Bertz CT molecular complexity index is 613. The van der Waals surface area contributed by atoms with Crippen molar-refractivity contribution < 1.29 is 14.7 Å². The molecule has 1 saturated heterocycles. The van der Waals surface area contributed by atoms with Crippen molar-refractivity contribution in [3.05, 3.63) is 39.8 Å². The molecule has 0 aliphatic carbocycles. The molecule has 7 heteroatoms.